The van der Waals surface area contributed by atoms with Gasteiger partial charge in [0.05, 0.1) is 23.2 Å². The van der Waals surface area contributed by atoms with E-state index in [1.54, 1.807) is 0 Å². The third kappa shape index (κ3) is 2.84. The van der Waals surface area contributed by atoms with Crippen LogP contribution < -0.4 is 5.32 Å². The molecule has 2 heterocycles. The highest BCUT2D eigenvalue weighted by Gasteiger charge is 2.31. The molecule has 5 nitrogen and oxygen atoms in total. The Labute approximate surface area is 115 Å². The molecule has 108 valence electrons. The van der Waals surface area contributed by atoms with Crippen molar-refractivity contribution in [3.8, 4) is 0 Å². The van der Waals surface area contributed by atoms with Gasteiger partial charge in [-0.15, -0.1) is 0 Å². The minimum Gasteiger partial charge on any atom is -0.310 e. The minimum atomic E-state index is -2.87. The van der Waals surface area contributed by atoms with Crippen LogP contribution in [-0.2, 0) is 9.84 Å². The first-order valence-electron chi connectivity index (χ1n) is 6.85. The van der Waals surface area contributed by atoms with Crippen LogP contribution in [0.3, 0.4) is 0 Å². The van der Waals surface area contributed by atoms with Gasteiger partial charge in [0.25, 0.3) is 0 Å². The molecular weight excluding hydrogens is 262 g/mol. The average molecular weight is 285 g/mol. The molecule has 1 aliphatic rings. The summed E-state index contributed by atoms with van der Waals surface area (Å²) in [6.45, 7) is 9.14. The Hall–Kier alpha value is -0.880. The lowest BCUT2D eigenvalue weighted by Gasteiger charge is -2.15. The Morgan fingerprint density at radius 1 is 1.47 bits per heavy atom. The molecule has 19 heavy (non-hydrogen) atoms. The summed E-state index contributed by atoms with van der Waals surface area (Å²) < 4.78 is 25.1. The summed E-state index contributed by atoms with van der Waals surface area (Å²) in [4.78, 5) is 0. The van der Waals surface area contributed by atoms with E-state index in [4.69, 9.17) is 0 Å². The van der Waals surface area contributed by atoms with Crippen molar-refractivity contribution < 1.29 is 8.42 Å². The third-order valence-corrected chi connectivity index (χ3v) is 5.63. The van der Waals surface area contributed by atoms with Gasteiger partial charge in [0.2, 0.25) is 0 Å². The summed E-state index contributed by atoms with van der Waals surface area (Å²) in [5.74, 6) is 0.512. The van der Waals surface area contributed by atoms with Crippen molar-refractivity contribution >= 4 is 9.84 Å². The van der Waals surface area contributed by atoms with E-state index < -0.39 is 9.84 Å². The van der Waals surface area contributed by atoms with Crippen molar-refractivity contribution in [3.63, 3.8) is 0 Å². The number of aromatic nitrogens is 2. The van der Waals surface area contributed by atoms with Crippen molar-refractivity contribution in [2.75, 3.05) is 18.1 Å². The summed E-state index contributed by atoms with van der Waals surface area (Å²) >= 11 is 0. The van der Waals surface area contributed by atoms with Gasteiger partial charge in [0.1, 0.15) is 0 Å². The smallest absolute Gasteiger partial charge is 0.152 e. The SMILES string of the molecule is CCNC(C)c1c(C)nn(C2CCS(=O)(=O)C2)c1C. The first-order valence-corrected chi connectivity index (χ1v) is 8.67. The molecule has 2 atom stereocenters. The van der Waals surface area contributed by atoms with Gasteiger partial charge in [0, 0.05) is 17.3 Å². The zero-order valence-electron chi connectivity index (χ0n) is 12.1. The van der Waals surface area contributed by atoms with Crippen LogP contribution in [-0.4, -0.2) is 36.2 Å². The molecule has 0 aliphatic carbocycles. The Kier molecular flexibility index (Phi) is 4.01. The van der Waals surface area contributed by atoms with Gasteiger partial charge in [0.15, 0.2) is 9.84 Å². The van der Waals surface area contributed by atoms with E-state index in [2.05, 4.69) is 24.3 Å². The van der Waals surface area contributed by atoms with E-state index in [0.717, 1.165) is 17.9 Å². The highest BCUT2D eigenvalue weighted by atomic mass is 32.2. The summed E-state index contributed by atoms with van der Waals surface area (Å²) in [5.41, 5.74) is 3.29. The van der Waals surface area contributed by atoms with Gasteiger partial charge in [-0.05, 0) is 33.7 Å². The van der Waals surface area contributed by atoms with Crippen LogP contribution in [0.25, 0.3) is 0 Å². The number of rotatable bonds is 4. The maximum absolute atomic E-state index is 11.6. The molecule has 1 aromatic rings. The van der Waals surface area contributed by atoms with Crippen molar-refractivity contribution in [2.45, 2.75) is 46.2 Å². The van der Waals surface area contributed by atoms with Crippen LogP contribution in [0.4, 0.5) is 0 Å². The van der Waals surface area contributed by atoms with Crippen LogP contribution in [0.1, 0.15) is 49.3 Å². The van der Waals surface area contributed by atoms with Crippen LogP contribution in [0.2, 0.25) is 0 Å². The molecule has 0 aromatic carbocycles. The zero-order chi connectivity index (χ0) is 14.2. The number of hydrogen-bond acceptors (Lipinski definition) is 4. The lowest BCUT2D eigenvalue weighted by Crippen LogP contribution is -2.19. The highest BCUT2D eigenvalue weighted by Crippen LogP contribution is 2.29. The van der Waals surface area contributed by atoms with Crippen molar-refractivity contribution in [3.05, 3.63) is 17.0 Å². The second-order valence-electron chi connectivity index (χ2n) is 5.37. The maximum atomic E-state index is 11.6. The lowest BCUT2D eigenvalue weighted by atomic mass is 10.1. The Bertz CT molecular complexity index is 563. The molecule has 1 fully saturated rings. The van der Waals surface area contributed by atoms with E-state index >= 15 is 0 Å². The Morgan fingerprint density at radius 3 is 2.68 bits per heavy atom. The number of aryl methyl sites for hydroxylation is 1. The standard InChI is InChI=1S/C13H23N3O2S/c1-5-14-9(2)13-10(3)15-16(11(13)4)12-6-7-19(17,18)8-12/h9,12,14H,5-8H2,1-4H3. The van der Waals surface area contributed by atoms with Crippen molar-refractivity contribution in [2.24, 2.45) is 0 Å². The Morgan fingerprint density at radius 2 is 2.16 bits per heavy atom. The molecule has 1 saturated heterocycles. The molecule has 0 saturated carbocycles. The predicted octanol–water partition coefficient (Wildman–Crippen LogP) is 1.53. The summed E-state index contributed by atoms with van der Waals surface area (Å²) in [6.07, 6.45) is 0.680. The fourth-order valence-corrected chi connectivity index (χ4v) is 4.73. The molecule has 0 spiro atoms. The number of sulfone groups is 1. The van der Waals surface area contributed by atoms with Crippen LogP contribution >= 0.6 is 0 Å². The van der Waals surface area contributed by atoms with Gasteiger partial charge >= 0.3 is 0 Å². The Balaban J connectivity index is 2.32. The topological polar surface area (TPSA) is 64.0 Å². The number of nitrogens with zero attached hydrogens (tertiary/aromatic N) is 2. The fraction of sp³-hybridized carbons (Fsp3) is 0.769. The van der Waals surface area contributed by atoms with Gasteiger partial charge in [-0.2, -0.15) is 5.10 Å². The minimum absolute atomic E-state index is 0.00581. The van der Waals surface area contributed by atoms with Crippen LogP contribution in [0.15, 0.2) is 0 Å². The van der Waals surface area contributed by atoms with Gasteiger partial charge in [-0.3, -0.25) is 4.68 Å². The van der Waals surface area contributed by atoms with Gasteiger partial charge < -0.3 is 5.32 Å². The maximum Gasteiger partial charge on any atom is 0.152 e. The molecule has 0 radical (unpaired) electrons. The molecule has 0 bridgehead atoms. The summed E-state index contributed by atoms with van der Waals surface area (Å²) in [7, 11) is -2.87. The molecule has 1 N–H and O–H groups in total. The molecule has 1 aliphatic heterocycles. The third-order valence-electron chi connectivity index (χ3n) is 3.88. The second-order valence-corrected chi connectivity index (χ2v) is 7.59. The van der Waals surface area contributed by atoms with Crippen LogP contribution in [0, 0.1) is 13.8 Å². The summed E-state index contributed by atoms with van der Waals surface area (Å²) in [6, 6.07) is 0.253. The zero-order valence-corrected chi connectivity index (χ0v) is 12.9. The first kappa shape index (κ1) is 14.5. The van der Waals surface area contributed by atoms with Gasteiger partial charge in [-0.25, -0.2) is 8.42 Å². The van der Waals surface area contributed by atoms with E-state index in [0.29, 0.717) is 6.42 Å². The first-order chi connectivity index (χ1) is 8.85. The monoisotopic (exact) mass is 285 g/mol. The van der Waals surface area contributed by atoms with E-state index in [1.807, 2.05) is 18.5 Å². The largest absolute Gasteiger partial charge is 0.310 e. The molecule has 2 unspecified atom stereocenters. The number of hydrogen-bond donors (Lipinski definition) is 1. The lowest BCUT2D eigenvalue weighted by molar-refractivity contribution is 0.484. The van der Waals surface area contributed by atoms with Crippen molar-refractivity contribution in [1.82, 2.24) is 15.1 Å². The predicted molar refractivity (Wildman–Crippen MR) is 76.1 cm³/mol. The summed E-state index contributed by atoms with van der Waals surface area (Å²) in [5, 5.41) is 7.97. The number of nitrogens with one attached hydrogen (secondary N) is 1. The molecule has 1 aromatic heterocycles. The van der Waals surface area contributed by atoms with Gasteiger partial charge in [-0.1, -0.05) is 6.92 Å². The van der Waals surface area contributed by atoms with Crippen LogP contribution in [0.5, 0.6) is 0 Å². The molecular formula is C13H23N3O2S. The van der Waals surface area contributed by atoms with E-state index in [1.165, 1.54) is 5.56 Å². The van der Waals surface area contributed by atoms with E-state index in [9.17, 15) is 8.42 Å². The molecule has 0 amide bonds. The second kappa shape index (κ2) is 5.25. The molecule has 2 rings (SSSR count). The molecule has 6 heteroatoms. The van der Waals surface area contributed by atoms with E-state index in [-0.39, 0.29) is 23.6 Å². The fourth-order valence-electron chi connectivity index (χ4n) is 3.03. The van der Waals surface area contributed by atoms with Crippen molar-refractivity contribution in [1.29, 1.82) is 0 Å². The quantitative estimate of drug-likeness (QED) is 0.911. The highest BCUT2D eigenvalue weighted by molar-refractivity contribution is 7.91. The average Bonchev–Trinajstić information content (AvgIpc) is 2.79. The normalized spacial score (nSPS) is 23.7.